The van der Waals surface area contributed by atoms with Crippen LogP contribution in [-0.2, 0) is 0 Å². The fourth-order valence-electron chi connectivity index (χ4n) is 2.71. The molecule has 0 bridgehead atoms. The summed E-state index contributed by atoms with van der Waals surface area (Å²) in [5.41, 5.74) is 1.86. The SMILES string of the molecule is COc1ccc(C=NCC(C)(C)CN=Cc2ccc(OC)c(OC)c2)cc1OC. The fraction of sp³-hybridized carbons (Fsp3) is 0.391. The van der Waals surface area contributed by atoms with Crippen molar-refractivity contribution >= 4 is 12.4 Å². The Hall–Kier alpha value is -3.02. The third-order valence-electron chi connectivity index (χ3n) is 4.33. The van der Waals surface area contributed by atoms with Crippen molar-refractivity contribution in [1.29, 1.82) is 0 Å². The molecule has 29 heavy (non-hydrogen) atoms. The van der Waals surface area contributed by atoms with E-state index in [2.05, 4.69) is 23.8 Å². The first kappa shape index (κ1) is 22.3. The Morgan fingerprint density at radius 2 is 1.03 bits per heavy atom. The molecule has 156 valence electrons. The normalized spacial score (nSPS) is 11.8. The van der Waals surface area contributed by atoms with Crippen molar-refractivity contribution in [2.24, 2.45) is 15.4 Å². The van der Waals surface area contributed by atoms with Crippen LogP contribution in [-0.4, -0.2) is 54.0 Å². The van der Waals surface area contributed by atoms with Crippen LogP contribution in [0.1, 0.15) is 25.0 Å². The number of hydrogen-bond acceptors (Lipinski definition) is 6. The first-order valence-electron chi connectivity index (χ1n) is 9.36. The largest absolute Gasteiger partial charge is 0.493 e. The Labute approximate surface area is 173 Å². The number of benzene rings is 2. The molecule has 0 radical (unpaired) electrons. The summed E-state index contributed by atoms with van der Waals surface area (Å²) in [6.07, 6.45) is 3.70. The summed E-state index contributed by atoms with van der Waals surface area (Å²) in [5, 5.41) is 0. The van der Waals surface area contributed by atoms with Gasteiger partial charge < -0.3 is 18.9 Å². The highest BCUT2D eigenvalue weighted by atomic mass is 16.5. The Balaban J connectivity index is 1.96. The first-order chi connectivity index (χ1) is 13.9. The van der Waals surface area contributed by atoms with Crippen molar-refractivity contribution in [2.75, 3.05) is 41.5 Å². The lowest BCUT2D eigenvalue weighted by Gasteiger charge is -2.19. The summed E-state index contributed by atoms with van der Waals surface area (Å²) < 4.78 is 21.2. The van der Waals surface area contributed by atoms with Gasteiger partial charge in [0.15, 0.2) is 23.0 Å². The van der Waals surface area contributed by atoms with Crippen LogP contribution in [0.4, 0.5) is 0 Å². The van der Waals surface area contributed by atoms with E-state index in [9.17, 15) is 0 Å². The summed E-state index contributed by atoms with van der Waals surface area (Å²) in [4.78, 5) is 9.18. The molecular formula is C23H30N2O4. The Morgan fingerprint density at radius 3 is 1.38 bits per heavy atom. The molecule has 0 atom stereocenters. The molecule has 2 rings (SSSR count). The topological polar surface area (TPSA) is 61.6 Å². The molecule has 0 aliphatic heterocycles. The molecule has 0 fully saturated rings. The molecule has 0 saturated carbocycles. The van der Waals surface area contributed by atoms with Crippen LogP contribution in [0.15, 0.2) is 46.4 Å². The number of methoxy groups -OCH3 is 4. The number of aliphatic imine (C=N–C) groups is 2. The second kappa shape index (κ2) is 10.5. The van der Waals surface area contributed by atoms with Crippen molar-refractivity contribution in [3.63, 3.8) is 0 Å². The molecule has 0 aliphatic carbocycles. The van der Waals surface area contributed by atoms with Crippen LogP contribution in [0.3, 0.4) is 0 Å². The van der Waals surface area contributed by atoms with Gasteiger partial charge in [-0.05, 0) is 47.5 Å². The number of hydrogen-bond donors (Lipinski definition) is 0. The summed E-state index contributed by atoms with van der Waals surface area (Å²) in [6, 6.07) is 11.5. The molecule has 6 heteroatoms. The van der Waals surface area contributed by atoms with Crippen LogP contribution in [0.5, 0.6) is 23.0 Å². The highest BCUT2D eigenvalue weighted by Gasteiger charge is 2.16. The van der Waals surface area contributed by atoms with E-state index in [-0.39, 0.29) is 5.41 Å². The summed E-state index contributed by atoms with van der Waals surface area (Å²) in [6.45, 7) is 5.60. The molecular weight excluding hydrogens is 368 g/mol. The minimum Gasteiger partial charge on any atom is -0.493 e. The van der Waals surface area contributed by atoms with Crippen LogP contribution < -0.4 is 18.9 Å². The molecule has 0 aromatic heterocycles. The van der Waals surface area contributed by atoms with E-state index in [0.29, 0.717) is 36.1 Å². The molecule has 2 aromatic carbocycles. The van der Waals surface area contributed by atoms with Crippen LogP contribution in [0, 0.1) is 5.41 Å². The average molecular weight is 399 g/mol. The van der Waals surface area contributed by atoms with Crippen molar-refractivity contribution in [3.05, 3.63) is 47.5 Å². The molecule has 6 nitrogen and oxygen atoms in total. The zero-order chi connectivity index (χ0) is 21.3. The van der Waals surface area contributed by atoms with E-state index in [1.165, 1.54) is 0 Å². The van der Waals surface area contributed by atoms with Crippen LogP contribution in [0.25, 0.3) is 0 Å². The Morgan fingerprint density at radius 1 is 0.655 bits per heavy atom. The zero-order valence-electron chi connectivity index (χ0n) is 18.1. The van der Waals surface area contributed by atoms with E-state index in [4.69, 9.17) is 18.9 Å². The molecule has 0 spiro atoms. The highest BCUT2D eigenvalue weighted by molar-refractivity contribution is 5.81. The van der Waals surface area contributed by atoms with E-state index in [1.54, 1.807) is 28.4 Å². The van der Waals surface area contributed by atoms with Gasteiger partial charge in [0.2, 0.25) is 0 Å². The number of ether oxygens (including phenoxy) is 4. The van der Waals surface area contributed by atoms with Gasteiger partial charge in [0.1, 0.15) is 0 Å². The second-order valence-corrected chi connectivity index (χ2v) is 7.33. The zero-order valence-corrected chi connectivity index (χ0v) is 18.1. The minimum atomic E-state index is -0.0693. The van der Waals surface area contributed by atoms with Gasteiger partial charge in [0.05, 0.1) is 28.4 Å². The fourth-order valence-corrected chi connectivity index (χ4v) is 2.71. The van der Waals surface area contributed by atoms with Crippen molar-refractivity contribution in [1.82, 2.24) is 0 Å². The lowest BCUT2D eigenvalue weighted by atomic mass is 9.94. The molecule has 2 aromatic rings. The van der Waals surface area contributed by atoms with Gasteiger partial charge in [-0.2, -0.15) is 0 Å². The third kappa shape index (κ3) is 6.52. The van der Waals surface area contributed by atoms with Gasteiger partial charge in [0, 0.05) is 30.9 Å². The van der Waals surface area contributed by atoms with Gasteiger partial charge in [-0.1, -0.05) is 13.8 Å². The number of nitrogens with zero attached hydrogens (tertiary/aromatic N) is 2. The van der Waals surface area contributed by atoms with Crippen molar-refractivity contribution < 1.29 is 18.9 Å². The van der Waals surface area contributed by atoms with Crippen molar-refractivity contribution in [2.45, 2.75) is 13.8 Å². The van der Waals surface area contributed by atoms with Gasteiger partial charge in [-0.25, -0.2) is 0 Å². The Bertz CT molecular complexity index is 790. The molecule has 0 amide bonds. The van der Waals surface area contributed by atoms with E-state index < -0.39 is 0 Å². The van der Waals surface area contributed by atoms with Crippen LogP contribution in [0.2, 0.25) is 0 Å². The van der Waals surface area contributed by atoms with Gasteiger partial charge in [-0.3, -0.25) is 9.98 Å². The monoisotopic (exact) mass is 398 g/mol. The lowest BCUT2D eigenvalue weighted by Crippen LogP contribution is -2.19. The summed E-state index contributed by atoms with van der Waals surface area (Å²) in [5.74, 6) is 2.79. The summed E-state index contributed by atoms with van der Waals surface area (Å²) in [7, 11) is 6.49. The lowest BCUT2D eigenvalue weighted by molar-refractivity contribution is 0.355. The predicted octanol–water partition coefficient (Wildman–Crippen LogP) is 4.29. The van der Waals surface area contributed by atoms with Gasteiger partial charge >= 0.3 is 0 Å². The van der Waals surface area contributed by atoms with Gasteiger partial charge in [-0.15, -0.1) is 0 Å². The highest BCUT2D eigenvalue weighted by Crippen LogP contribution is 2.28. The maximum absolute atomic E-state index is 5.33. The standard InChI is InChI=1S/C23H30N2O4/c1-23(2,15-24-13-17-7-9-19(26-3)21(11-17)28-5)16-25-14-18-8-10-20(27-4)22(12-18)29-6/h7-14H,15-16H2,1-6H3. The average Bonchev–Trinajstić information content (AvgIpc) is 2.73. The molecule has 0 saturated heterocycles. The van der Waals surface area contributed by atoms with Crippen molar-refractivity contribution in [3.8, 4) is 23.0 Å². The number of rotatable bonds is 10. The maximum atomic E-state index is 5.33. The van der Waals surface area contributed by atoms with E-state index in [0.717, 1.165) is 11.1 Å². The van der Waals surface area contributed by atoms with Gasteiger partial charge in [0.25, 0.3) is 0 Å². The summed E-state index contributed by atoms with van der Waals surface area (Å²) >= 11 is 0. The molecule has 0 aliphatic rings. The second-order valence-electron chi connectivity index (χ2n) is 7.33. The predicted molar refractivity (Wildman–Crippen MR) is 118 cm³/mol. The van der Waals surface area contributed by atoms with Crippen LogP contribution >= 0.6 is 0 Å². The van der Waals surface area contributed by atoms with E-state index in [1.807, 2.05) is 48.8 Å². The molecule has 0 heterocycles. The first-order valence-corrected chi connectivity index (χ1v) is 9.36. The molecule has 0 N–H and O–H groups in total. The Kier molecular flexibility index (Phi) is 8.07. The molecule has 0 unspecified atom stereocenters. The van der Waals surface area contributed by atoms with E-state index >= 15 is 0 Å². The smallest absolute Gasteiger partial charge is 0.161 e. The minimum absolute atomic E-state index is 0.0693. The third-order valence-corrected chi connectivity index (χ3v) is 4.33. The maximum Gasteiger partial charge on any atom is 0.161 e. The quantitative estimate of drug-likeness (QED) is 0.560.